The summed E-state index contributed by atoms with van der Waals surface area (Å²) >= 11 is 0. The number of pyridine rings is 1. The quantitative estimate of drug-likeness (QED) is 0.779. The van der Waals surface area contributed by atoms with Gasteiger partial charge in [-0.05, 0) is 62.9 Å². The van der Waals surface area contributed by atoms with Crippen molar-refractivity contribution in [3.8, 4) is 0 Å². The van der Waals surface area contributed by atoms with Gasteiger partial charge in [-0.25, -0.2) is 0 Å². The van der Waals surface area contributed by atoms with Crippen LogP contribution in [0.2, 0.25) is 0 Å². The molecule has 32 heavy (non-hydrogen) atoms. The van der Waals surface area contributed by atoms with Crippen molar-refractivity contribution in [3.63, 3.8) is 0 Å². The predicted octanol–water partition coefficient (Wildman–Crippen LogP) is 2.28. The van der Waals surface area contributed by atoms with Gasteiger partial charge in [0.15, 0.2) is 0 Å². The van der Waals surface area contributed by atoms with Crippen LogP contribution in [0.4, 0.5) is 0 Å². The Bertz CT molecular complexity index is 750. The molecule has 2 atom stereocenters. The van der Waals surface area contributed by atoms with Gasteiger partial charge in [0.25, 0.3) is 0 Å². The molecule has 7 heteroatoms. The Labute approximate surface area is 192 Å². The first-order valence-corrected chi connectivity index (χ1v) is 12.5. The lowest BCUT2D eigenvalue weighted by Gasteiger charge is -2.47. The van der Waals surface area contributed by atoms with Gasteiger partial charge in [0.2, 0.25) is 11.8 Å². The molecule has 1 aromatic heterocycles. The maximum atomic E-state index is 13.2. The number of nitrogens with one attached hydrogen (secondary N) is 1. The number of likely N-dealkylation sites (tertiary alicyclic amines) is 2. The molecule has 2 unspecified atom stereocenters. The highest BCUT2D eigenvalue weighted by molar-refractivity contribution is 5.79. The van der Waals surface area contributed by atoms with E-state index in [0.29, 0.717) is 6.04 Å². The molecule has 3 saturated heterocycles. The van der Waals surface area contributed by atoms with Gasteiger partial charge in [-0.15, -0.1) is 0 Å². The number of hydrogen-bond donors (Lipinski definition) is 1. The highest BCUT2D eigenvalue weighted by atomic mass is 16.2. The fourth-order valence-electron chi connectivity index (χ4n) is 5.73. The number of piperidine rings is 2. The summed E-state index contributed by atoms with van der Waals surface area (Å²) in [5, 5.41) is 3.24. The number of hydrogen-bond acceptors (Lipinski definition) is 5. The van der Waals surface area contributed by atoms with E-state index in [-0.39, 0.29) is 23.8 Å². The van der Waals surface area contributed by atoms with Gasteiger partial charge < -0.3 is 10.2 Å². The monoisotopic (exact) mass is 441 g/mol. The number of aromatic nitrogens is 1. The summed E-state index contributed by atoms with van der Waals surface area (Å²) in [7, 11) is 0. The molecule has 7 nitrogen and oxygen atoms in total. The number of rotatable bonds is 3. The minimum absolute atomic E-state index is 0.0449. The molecule has 0 saturated carbocycles. The van der Waals surface area contributed by atoms with E-state index in [1.807, 2.05) is 17.3 Å². The molecule has 2 amide bonds. The first-order chi connectivity index (χ1) is 15.6. The van der Waals surface area contributed by atoms with Gasteiger partial charge in [-0.1, -0.05) is 12.8 Å². The summed E-state index contributed by atoms with van der Waals surface area (Å²) < 4.78 is 0. The topological polar surface area (TPSA) is 68.8 Å². The number of fused-ring (bicyclic) bond motifs is 1. The number of carbonyl (C=O) groups excluding carboxylic acids is 2. The summed E-state index contributed by atoms with van der Waals surface area (Å²) in [5.74, 6) is 0.469. The van der Waals surface area contributed by atoms with E-state index in [1.54, 1.807) is 6.92 Å². The zero-order valence-electron chi connectivity index (χ0n) is 19.5. The lowest BCUT2D eigenvalue weighted by Crippen LogP contribution is -2.59. The predicted molar refractivity (Wildman–Crippen MR) is 125 cm³/mol. The SMILES string of the molecule is CC(=O)N1CCC(N2CCC3C(=O)NCCCCCCN(Cc4ccncc4)C3C2)CC1. The Hall–Kier alpha value is -1.99. The zero-order chi connectivity index (χ0) is 22.3. The van der Waals surface area contributed by atoms with Crippen LogP contribution >= 0.6 is 0 Å². The third-order valence-electron chi connectivity index (χ3n) is 7.65. The van der Waals surface area contributed by atoms with E-state index in [9.17, 15) is 9.59 Å². The molecular formula is C25H39N5O2. The third-order valence-corrected chi connectivity index (χ3v) is 7.65. The summed E-state index contributed by atoms with van der Waals surface area (Å²) in [6.07, 6.45) is 11.4. The van der Waals surface area contributed by atoms with Crippen LogP contribution in [0, 0.1) is 5.92 Å². The second-order valence-corrected chi connectivity index (χ2v) is 9.73. The number of amides is 2. The minimum Gasteiger partial charge on any atom is -0.356 e. The number of carbonyl (C=O) groups is 2. The standard InChI is InChI=1S/C25H39N5O2/c1-20(31)28-15-8-22(9-16-28)29-17-10-23-24(19-29)30(18-21-6-12-26-13-7-21)14-5-3-2-4-11-27-25(23)32/h6-7,12-13,22-24H,2-5,8-11,14-19H2,1H3,(H,27,32). The first kappa shape index (κ1) is 23.2. The van der Waals surface area contributed by atoms with Crippen molar-refractivity contribution in [3.05, 3.63) is 30.1 Å². The molecule has 3 aliphatic heterocycles. The van der Waals surface area contributed by atoms with Crippen LogP contribution < -0.4 is 5.32 Å². The highest BCUT2D eigenvalue weighted by Crippen LogP contribution is 2.29. The number of nitrogens with zero attached hydrogens (tertiary/aromatic N) is 4. The third kappa shape index (κ3) is 5.87. The van der Waals surface area contributed by atoms with E-state index in [2.05, 4.69) is 32.2 Å². The Balaban J connectivity index is 1.51. The molecule has 0 aliphatic carbocycles. The van der Waals surface area contributed by atoms with E-state index >= 15 is 0 Å². The molecule has 0 bridgehead atoms. The van der Waals surface area contributed by atoms with Gasteiger partial charge >= 0.3 is 0 Å². The van der Waals surface area contributed by atoms with Crippen LogP contribution in [0.15, 0.2) is 24.5 Å². The smallest absolute Gasteiger partial charge is 0.224 e. The van der Waals surface area contributed by atoms with Gasteiger partial charge in [0.05, 0.1) is 5.92 Å². The average molecular weight is 442 g/mol. The Morgan fingerprint density at radius 1 is 1.03 bits per heavy atom. The normalized spacial score (nSPS) is 27.3. The molecule has 1 N–H and O–H groups in total. The molecule has 4 rings (SSSR count). The van der Waals surface area contributed by atoms with E-state index in [4.69, 9.17) is 0 Å². The summed E-state index contributed by atoms with van der Waals surface area (Å²) in [6, 6.07) is 4.92. The molecule has 4 heterocycles. The largest absolute Gasteiger partial charge is 0.356 e. The van der Waals surface area contributed by atoms with Crippen molar-refractivity contribution in [1.29, 1.82) is 0 Å². The van der Waals surface area contributed by atoms with Crippen molar-refractivity contribution in [2.24, 2.45) is 5.92 Å². The minimum atomic E-state index is 0.0449. The second-order valence-electron chi connectivity index (χ2n) is 9.73. The van der Waals surface area contributed by atoms with Crippen molar-refractivity contribution >= 4 is 11.8 Å². The van der Waals surface area contributed by atoms with E-state index in [1.165, 1.54) is 24.8 Å². The highest BCUT2D eigenvalue weighted by Gasteiger charge is 2.40. The molecule has 176 valence electrons. The van der Waals surface area contributed by atoms with Crippen LogP contribution in [0.3, 0.4) is 0 Å². The van der Waals surface area contributed by atoms with Crippen LogP contribution in [-0.2, 0) is 16.1 Å². The molecule has 1 aromatic rings. The Morgan fingerprint density at radius 2 is 1.78 bits per heavy atom. The summed E-state index contributed by atoms with van der Waals surface area (Å²) in [5.41, 5.74) is 1.26. The van der Waals surface area contributed by atoms with Gasteiger partial charge in [0.1, 0.15) is 0 Å². The van der Waals surface area contributed by atoms with Crippen LogP contribution in [0.25, 0.3) is 0 Å². The fourth-order valence-corrected chi connectivity index (χ4v) is 5.73. The summed E-state index contributed by atoms with van der Waals surface area (Å²) in [4.78, 5) is 36.2. The van der Waals surface area contributed by atoms with Crippen LogP contribution in [0.5, 0.6) is 0 Å². The van der Waals surface area contributed by atoms with Crippen molar-refractivity contribution in [2.75, 3.05) is 39.3 Å². The summed E-state index contributed by atoms with van der Waals surface area (Å²) in [6.45, 7) is 8.00. The van der Waals surface area contributed by atoms with E-state index < -0.39 is 0 Å². The molecule has 3 aliphatic rings. The lowest BCUT2D eigenvalue weighted by atomic mass is 9.87. The lowest BCUT2D eigenvalue weighted by molar-refractivity contribution is -0.133. The Kier molecular flexibility index (Phi) is 8.14. The van der Waals surface area contributed by atoms with E-state index in [0.717, 1.165) is 71.5 Å². The molecular weight excluding hydrogens is 402 g/mol. The molecule has 0 spiro atoms. The first-order valence-electron chi connectivity index (χ1n) is 12.5. The Morgan fingerprint density at radius 3 is 2.53 bits per heavy atom. The maximum absolute atomic E-state index is 13.2. The van der Waals surface area contributed by atoms with Crippen LogP contribution in [-0.4, -0.2) is 82.9 Å². The fraction of sp³-hybridized carbons (Fsp3) is 0.720. The average Bonchev–Trinajstić information content (AvgIpc) is 2.85. The zero-order valence-corrected chi connectivity index (χ0v) is 19.5. The molecule has 0 aromatic carbocycles. The van der Waals surface area contributed by atoms with Crippen molar-refractivity contribution < 1.29 is 9.59 Å². The van der Waals surface area contributed by atoms with Gasteiger partial charge in [0, 0.05) is 64.1 Å². The molecule has 0 radical (unpaired) electrons. The molecule has 3 fully saturated rings. The maximum Gasteiger partial charge on any atom is 0.224 e. The van der Waals surface area contributed by atoms with Crippen molar-refractivity contribution in [1.82, 2.24) is 25.0 Å². The van der Waals surface area contributed by atoms with Crippen molar-refractivity contribution in [2.45, 2.75) is 70.5 Å². The van der Waals surface area contributed by atoms with Gasteiger partial charge in [-0.2, -0.15) is 0 Å². The van der Waals surface area contributed by atoms with Crippen LogP contribution in [0.1, 0.15) is 57.4 Å². The van der Waals surface area contributed by atoms with Gasteiger partial charge in [-0.3, -0.25) is 24.4 Å². The second kappa shape index (κ2) is 11.2.